The van der Waals surface area contributed by atoms with Gasteiger partial charge < -0.3 is 19.8 Å². The number of rotatable bonds is 7. The van der Waals surface area contributed by atoms with Gasteiger partial charge >= 0.3 is 5.97 Å². The minimum Gasteiger partial charge on any atom is -0.461 e. The monoisotopic (exact) mass is 307 g/mol. The van der Waals surface area contributed by atoms with E-state index in [4.69, 9.17) is 9.47 Å². The number of aromatic amines is 1. The van der Waals surface area contributed by atoms with Crippen LogP contribution in [0.4, 0.5) is 11.4 Å². The number of nitro benzene ring substituents is 1. The fourth-order valence-corrected chi connectivity index (χ4v) is 2.12. The van der Waals surface area contributed by atoms with Crippen LogP contribution in [0.15, 0.2) is 18.2 Å². The van der Waals surface area contributed by atoms with Crippen LogP contribution >= 0.6 is 0 Å². The Morgan fingerprint density at radius 2 is 2.23 bits per heavy atom. The first-order chi connectivity index (χ1) is 10.6. The summed E-state index contributed by atoms with van der Waals surface area (Å²) in [4.78, 5) is 25.2. The van der Waals surface area contributed by atoms with Gasteiger partial charge in [0.25, 0.3) is 5.69 Å². The Hall–Kier alpha value is -2.61. The molecule has 0 bridgehead atoms. The first-order valence-electron chi connectivity index (χ1n) is 6.78. The number of ether oxygens (including phenoxy) is 2. The summed E-state index contributed by atoms with van der Waals surface area (Å²) in [7, 11) is 1.59. The first-order valence-corrected chi connectivity index (χ1v) is 6.78. The smallest absolute Gasteiger partial charge is 0.354 e. The van der Waals surface area contributed by atoms with Gasteiger partial charge in [0.05, 0.1) is 18.1 Å². The maximum absolute atomic E-state index is 11.8. The predicted octanol–water partition coefficient (Wildman–Crippen LogP) is 2.31. The molecule has 0 saturated carbocycles. The number of methoxy groups -OCH3 is 1. The number of nitrogens with zero attached hydrogens (tertiary/aromatic N) is 1. The van der Waals surface area contributed by atoms with E-state index in [0.717, 1.165) is 0 Å². The molecule has 0 aliphatic carbocycles. The molecule has 1 heterocycles. The van der Waals surface area contributed by atoms with Crippen molar-refractivity contribution >= 4 is 28.2 Å². The number of carbonyl (C=O) groups excluding carboxylic acids is 1. The van der Waals surface area contributed by atoms with Crippen LogP contribution in [0.3, 0.4) is 0 Å². The molecule has 0 fully saturated rings. The van der Waals surface area contributed by atoms with Crippen LogP contribution in [0, 0.1) is 10.1 Å². The highest BCUT2D eigenvalue weighted by Gasteiger charge is 2.20. The molecular weight excluding hydrogens is 290 g/mol. The minimum absolute atomic E-state index is 0.0946. The van der Waals surface area contributed by atoms with Gasteiger partial charge in [-0.05, 0) is 19.1 Å². The Morgan fingerprint density at radius 3 is 2.86 bits per heavy atom. The van der Waals surface area contributed by atoms with Gasteiger partial charge in [-0.3, -0.25) is 10.1 Å². The highest BCUT2D eigenvalue weighted by Crippen LogP contribution is 2.32. The van der Waals surface area contributed by atoms with Crippen molar-refractivity contribution < 1.29 is 19.2 Å². The number of H-pyrrole nitrogens is 1. The number of esters is 1. The summed E-state index contributed by atoms with van der Waals surface area (Å²) in [5, 5.41) is 14.8. The fraction of sp³-hybridized carbons (Fsp3) is 0.357. The Morgan fingerprint density at radius 1 is 1.45 bits per heavy atom. The first kappa shape index (κ1) is 15.8. The number of non-ortho nitro benzene ring substituents is 1. The van der Waals surface area contributed by atoms with Gasteiger partial charge in [-0.2, -0.15) is 0 Å². The molecule has 118 valence electrons. The average Bonchev–Trinajstić information content (AvgIpc) is 2.93. The van der Waals surface area contributed by atoms with Gasteiger partial charge in [0.1, 0.15) is 11.2 Å². The summed E-state index contributed by atoms with van der Waals surface area (Å²) in [5.74, 6) is -0.546. The summed E-state index contributed by atoms with van der Waals surface area (Å²) >= 11 is 0. The Balaban J connectivity index is 2.47. The minimum atomic E-state index is -0.546. The molecule has 0 unspecified atom stereocenters. The second-order valence-electron chi connectivity index (χ2n) is 4.50. The zero-order valence-corrected chi connectivity index (χ0v) is 12.3. The molecule has 8 heteroatoms. The number of nitro groups is 1. The number of fused-ring (bicyclic) bond motifs is 1. The van der Waals surface area contributed by atoms with Crippen molar-refractivity contribution in [1.82, 2.24) is 4.98 Å². The van der Waals surface area contributed by atoms with Crippen molar-refractivity contribution in [1.29, 1.82) is 0 Å². The van der Waals surface area contributed by atoms with Crippen LogP contribution < -0.4 is 5.32 Å². The van der Waals surface area contributed by atoms with E-state index in [1.165, 1.54) is 6.07 Å². The van der Waals surface area contributed by atoms with Gasteiger partial charge in [0, 0.05) is 30.8 Å². The van der Waals surface area contributed by atoms with Crippen LogP contribution in [0.2, 0.25) is 0 Å². The molecule has 1 aromatic carbocycles. The van der Waals surface area contributed by atoms with Gasteiger partial charge in [-0.1, -0.05) is 0 Å². The molecule has 8 nitrogen and oxygen atoms in total. The Kier molecular flexibility index (Phi) is 4.95. The molecule has 0 aliphatic heterocycles. The molecule has 2 aromatic rings. The predicted molar refractivity (Wildman–Crippen MR) is 81.3 cm³/mol. The molecule has 0 spiro atoms. The van der Waals surface area contributed by atoms with Crippen LogP contribution in [-0.4, -0.2) is 42.7 Å². The molecule has 1 aromatic heterocycles. The number of nitrogens with one attached hydrogen (secondary N) is 2. The standard InChI is InChI=1S/C14H17N3O5/c1-3-22-14(18)11-8-9-10(15-6-7-21-2)4-5-12(17(19)20)13(9)16-11/h4-5,8,15-16H,3,6-7H2,1-2H3. The SMILES string of the molecule is CCOC(=O)c1cc2c(NCCOC)ccc([N+](=O)[O-])c2[nH]1. The van der Waals surface area contributed by atoms with E-state index in [2.05, 4.69) is 10.3 Å². The molecule has 2 rings (SSSR count). The lowest BCUT2D eigenvalue weighted by Crippen LogP contribution is -2.07. The van der Waals surface area contributed by atoms with E-state index >= 15 is 0 Å². The van der Waals surface area contributed by atoms with Crippen LogP contribution in [0.25, 0.3) is 10.9 Å². The van der Waals surface area contributed by atoms with Crippen molar-refractivity contribution in [3.63, 3.8) is 0 Å². The maximum atomic E-state index is 11.8. The summed E-state index contributed by atoms with van der Waals surface area (Å²) in [6.07, 6.45) is 0. The van der Waals surface area contributed by atoms with E-state index < -0.39 is 10.9 Å². The van der Waals surface area contributed by atoms with Gasteiger partial charge in [0.15, 0.2) is 0 Å². The number of carbonyl (C=O) groups is 1. The summed E-state index contributed by atoms with van der Waals surface area (Å²) in [5.41, 5.74) is 1.06. The van der Waals surface area contributed by atoms with Crippen LogP contribution in [-0.2, 0) is 9.47 Å². The summed E-state index contributed by atoms with van der Waals surface area (Å²) < 4.78 is 9.88. The van der Waals surface area contributed by atoms with Crippen LogP contribution in [0.5, 0.6) is 0 Å². The second kappa shape index (κ2) is 6.90. The Bertz CT molecular complexity index is 695. The zero-order chi connectivity index (χ0) is 16.1. The van der Waals surface area contributed by atoms with Crippen molar-refractivity contribution in [2.45, 2.75) is 6.92 Å². The van der Waals surface area contributed by atoms with Crippen molar-refractivity contribution in [3.05, 3.63) is 34.0 Å². The quantitative estimate of drug-likeness (QED) is 0.352. The van der Waals surface area contributed by atoms with Crippen molar-refractivity contribution in [2.24, 2.45) is 0 Å². The topological polar surface area (TPSA) is 106 Å². The highest BCUT2D eigenvalue weighted by molar-refractivity contribution is 6.03. The van der Waals surface area contributed by atoms with E-state index in [1.54, 1.807) is 26.2 Å². The molecule has 0 atom stereocenters. The number of anilines is 1. The summed E-state index contributed by atoms with van der Waals surface area (Å²) in [6, 6.07) is 4.55. The lowest BCUT2D eigenvalue weighted by atomic mass is 10.2. The van der Waals surface area contributed by atoms with Crippen molar-refractivity contribution in [2.75, 3.05) is 32.2 Å². The summed E-state index contributed by atoms with van der Waals surface area (Å²) in [6.45, 7) is 2.97. The largest absolute Gasteiger partial charge is 0.461 e. The van der Waals surface area contributed by atoms with Crippen LogP contribution in [0.1, 0.15) is 17.4 Å². The second-order valence-corrected chi connectivity index (χ2v) is 4.50. The third-order valence-electron chi connectivity index (χ3n) is 3.09. The molecule has 2 N–H and O–H groups in total. The van der Waals surface area contributed by atoms with Gasteiger partial charge in [-0.15, -0.1) is 0 Å². The molecule has 0 amide bonds. The number of benzene rings is 1. The lowest BCUT2D eigenvalue weighted by Gasteiger charge is -2.07. The highest BCUT2D eigenvalue weighted by atomic mass is 16.6. The lowest BCUT2D eigenvalue weighted by molar-refractivity contribution is -0.383. The van der Waals surface area contributed by atoms with E-state index in [1.807, 2.05) is 0 Å². The van der Waals surface area contributed by atoms with Gasteiger partial charge in [-0.25, -0.2) is 4.79 Å². The van der Waals surface area contributed by atoms with E-state index in [-0.39, 0.29) is 23.5 Å². The molecule has 0 radical (unpaired) electrons. The Labute approximate surface area is 126 Å². The van der Waals surface area contributed by atoms with Crippen molar-refractivity contribution in [3.8, 4) is 0 Å². The zero-order valence-electron chi connectivity index (χ0n) is 12.3. The normalized spacial score (nSPS) is 10.6. The number of aromatic nitrogens is 1. The number of hydrogen-bond donors (Lipinski definition) is 2. The third kappa shape index (κ3) is 3.17. The number of hydrogen-bond acceptors (Lipinski definition) is 6. The maximum Gasteiger partial charge on any atom is 0.354 e. The molecule has 22 heavy (non-hydrogen) atoms. The van der Waals surface area contributed by atoms with E-state index in [9.17, 15) is 14.9 Å². The fourth-order valence-electron chi connectivity index (χ4n) is 2.12. The van der Waals surface area contributed by atoms with E-state index in [0.29, 0.717) is 24.2 Å². The molecule has 0 aliphatic rings. The van der Waals surface area contributed by atoms with Gasteiger partial charge in [0.2, 0.25) is 0 Å². The third-order valence-corrected chi connectivity index (χ3v) is 3.09. The average molecular weight is 307 g/mol. The molecular formula is C14H17N3O5. The molecule has 0 saturated heterocycles.